The number of piperazine rings is 1. The zero-order valence-corrected chi connectivity index (χ0v) is 23.6. The molecule has 38 heavy (non-hydrogen) atoms. The highest BCUT2D eigenvalue weighted by Gasteiger charge is 2.33. The van der Waals surface area contributed by atoms with Crippen LogP contribution in [0.2, 0.25) is 0 Å². The summed E-state index contributed by atoms with van der Waals surface area (Å²) in [5, 5.41) is 14.5. The van der Waals surface area contributed by atoms with Crippen molar-refractivity contribution in [3.05, 3.63) is 68.9 Å². The van der Waals surface area contributed by atoms with E-state index in [1.54, 1.807) is 25.2 Å². The number of nitrogens with two attached hydrogens (primary N) is 1. The van der Waals surface area contributed by atoms with Crippen molar-refractivity contribution in [2.45, 2.75) is 30.8 Å². The molecule has 2 heterocycles. The Hall–Kier alpha value is -3.53. The second-order valence-corrected chi connectivity index (χ2v) is 11.8. The van der Waals surface area contributed by atoms with Gasteiger partial charge >= 0.3 is 0 Å². The van der Waals surface area contributed by atoms with Crippen LogP contribution < -0.4 is 16.3 Å². The van der Waals surface area contributed by atoms with Crippen LogP contribution in [-0.2, 0) is 17.1 Å². The molecule has 0 aliphatic carbocycles. The number of sulfonamides is 1. The molecule has 0 bridgehead atoms. The Labute approximate surface area is 229 Å². The van der Waals surface area contributed by atoms with Crippen LogP contribution in [0.1, 0.15) is 19.4 Å². The molecule has 2 atom stereocenters. The Morgan fingerprint density at radius 2 is 1.89 bits per heavy atom. The van der Waals surface area contributed by atoms with Gasteiger partial charge in [-0.1, -0.05) is 34.1 Å². The van der Waals surface area contributed by atoms with E-state index in [-0.39, 0.29) is 34.6 Å². The molecular formula is C26H28BrN7O3S. The molecule has 0 radical (unpaired) electrons. The first-order chi connectivity index (χ1) is 18.1. The van der Waals surface area contributed by atoms with Crippen LogP contribution in [0.3, 0.4) is 0 Å². The zero-order valence-electron chi connectivity index (χ0n) is 21.2. The van der Waals surface area contributed by atoms with E-state index in [0.29, 0.717) is 24.5 Å². The van der Waals surface area contributed by atoms with E-state index in [1.807, 2.05) is 32.0 Å². The SMILES string of the molecule is C[C@@H]1CN(c2c(C#N)c(=O)n(C)c3ccc(Br)cc23)[C@@H](C)CN1CC(/C=N/S(=O)(=O)c1ccccc1)=N/N. The summed E-state index contributed by atoms with van der Waals surface area (Å²) in [6.45, 7) is 5.43. The predicted molar refractivity (Wildman–Crippen MR) is 153 cm³/mol. The summed E-state index contributed by atoms with van der Waals surface area (Å²) in [4.78, 5) is 17.4. The number of nitriles is 1. The van der Waals surface area contributed by atoms with Crippen molar-refractivity contribution in [1.82, 2.24) is 9.47 Å². The van der Waals surface area contributed by atoms with Crippen LogP contribution in [0.4, 0.5) is 5.69 Å². The van der Waals surface area contributed by atoms with Gasteiger partial charge in [0.05, 0.1) is 28.0 Å². The van der Waals surface area contributed by atoms with Crippen LogP contribution in [0.25, 0.3) is 10.9 Å². The van der Waals surface area contributed by atoms with Gasteiger partial charge in [-0.3, -0.25) is 9.69 Å². The average Bonchev–Trinajstić information content (AvgIpc) is 2.90. The highest BCUT2D eigenvalue weighted by molar-refractivity contribution is 9.10. The molecule has 1 fully saturated rings. The van der Waals surface area contributed by atoms with Gasteiger partial charge in [-0.15, -0.1) is 0 Å². The van der Waals surface area contributed by atoms with Crippen molar-refractivity contribution in [2.75, 3.05) is 24.5 Å². The Morgan fingerprint density at radius 1 is 1.18 bits per heavy atom. The lowest BCUT2D eigenvalue weighted by Gasteiger charge is -2.45. The quantitative estimate of drug-likeness (QED) is 0.262. The van der Waals surface area contributed by atoms with Crippen molar-refractivity contribution in [3.63, 3.8) is 0 Å². The molecule has 2 N–H and O–H groups in total. The molecule has 1 aliphatic rings. The molecule has 1 aliphatic heterocycles. The van der Waals surface area contributed by atoms with Gasteiger partial charge in [-0.05, 0) is 44.2 Å². The number of halogens is 1. The van der Waals surface area contributed by atoms with E-state index in [1.165, 1.54) is 22.9 Å². The zero-order chi connectivity index (χ0) is 27.6. The van der Waals surface area contributed by atoms with Gasteiger partial charge in [0.1, 0.15) is 11.6 Å². The molecular weight excluding hydrogens is 570 g/mol. The highest BCUT2D eigenvalue weighted by Crippen LogP contribution is 2.34. The number of benzene rings is 2. The normalized spacial score (nSPS) is 19.2. The van der Waals surface area contributed by atoms with Gasteiger partial charge in [0.15, 0.2) is 0 Å². The van der Waals surface area contributed by atoms with Gasteiger partial charge in [0.2, 0.25) is 0 Å². The van der Waals surface area contributed by atoms with Gasteiger partial charge in [-0.2, -0.15) is 23.2 Å². The number of aryl methyl sites for hydroxylation is 1. The minimum absolute atomic E-state index is 0.0279. The minimum Gasteiger partial charge on any atom is -0.364 e. The van der Waals surface area contributed by atoms with Gasteiger partial charge in [-0.25, -0.2) is 0 Å². The summed E-state index contributed by atoms with van der Waals surface area (Å²) in [5.41, 5.74) is 1.44. The summed E-state index contributed by atoms with van der Waals surface area (Å²) in [6, 6.07) is 15.6. The van der Waals surface area contributed by atoms with Gasteiger partial charge < -0.3 is 15.3 Å². The van der Waals surface area contributed by atoms with E-state index in [0.717, 1.165) is 15.4 Å². The van der Waals surface area contributed by atoms with Crippen molar-refractivity contribution < 1.29 is 8.42 Å². The van der Waals surface area contributed by atoms with Crippen LogP contribution >= 0.6 is 15.9 Å². The lowest BCUT2D eigenvalue weighted by Crippen LogP contribution is -2.58. The van der Waals surface area contributed by atoms with Crippen LogP contribution in [0.5, 0.6) is 0 Å². The molecule has 198 valence electrons. The predicted octanol–water partition coefficient (Wildman–Crippen LogP) is 2.85. The van der Waals surface area contributed by atoms with Crippen molar-refractivity contribution in [1.29, 1.82) is 5.26 Å². The fraction of sp³-hybridized carbons (Fsp3) is 0.308. The summed E-state index contributed by atoms with van der Waals surface area (Å²) < 4.78 is 31.2. The summed E-state index contributed by atoms with van der Waals surface area (Å²) in [6.07, 6.45) is 1.19. The maximum atomic E-state index is 13.1. The van der Waals surface area contributed by atoms with E-state index in [4.69, 9.17) is 5.84 Å². The second-order valence-electron chi connectivity index (χ2n) is 9.28. The van der Waals surface area contributed by atoms with E-state index >= 15 is 0 Å². The topological polar surface area (TPSA) is 137 Å². The van der Waals surface area contributed by atoms with Crippen LogP contribution in [-0.4, -0.2) is 61.5 Å². The van der Waals surface area contributed by atoms with E-state index in [9.17, 15) is 18.5 Å². The molecule has 0 saturated carbocycles. The third kappa shape index (κ3) is 5.36. The highest BCUT2D eigenvalue weighted by atomic mass is 79.9. The number of nitrogens with zero attached hydrogens (tertiary/aromatic N) is 6. The first-order valence-corrected chi connectivity index (χ1v) is 14.2. The van der Waals surface area contributed by atoms with Crippen molar-refractivity contribution in [3.8, 4) is 6.07 Å². The third-order valence-electron chi connectivity index (χ3n) is 6.76. The molecule has 3 aromatic rings. The minimum atomic E-state index is -3.87. The number of pyridine rings is 1. The summed E-state index contributed by atoms with van der Waals surface area (Å²) in [7, 11) is -2.21. The molecule has 0 amide bonds. The Morgan fingerprint density at radius 3 is 2.55 bits per heavy atom. The second kappa shape index (κ2) is 11.1. The molecule has 2 aromatic carbocycles. The number of anilines is 1. The monoisotopic (exact) mass is 597 g/mol. The van der Waals surface area contributed by atoms with Gasteiger partial charge in [0.25, 0.3) is 15.6 Å². The third-order valence-corrected chi connectivity index (χ3v) is 8.50. The number of aromatic nitrogens is 1. The number of hydrogen-bond donors (Lipinski definition) is 1. The molecule has 1 saturated heterocycles. The average molecular weight is 599 g/mol. The largest absolute Gasteiger partial charge is 0.364 e. The van der Waals surface area contributed by atoms with Crippen molar-refractivity contribution >= 4 is 54.5 Å². The maximum Gasteiger partial charge on any atom is 0.282 e. The van der Waals surface area contributed by atoms with Gasteiger partial charge in [0, 0.05) is 48.6 Å². The number of rotatable bonds is 6. The number of hydrogen-bond acceptors (Lipinski definition) is 8. The Kier molecular flexibility index (Phi) is 8.01. The molecule has 4 rings (SSSR count). The standard InChI is InChI=1S/C26H28BrN7O3S/c1-17-15-34(25-22-11-19(27)9-10-24(22)32(3)26(35)23(25)12-28)18(2)14-33(17)16-20(31-29)13-30-38(36,37)21-7-5-4-6-8-21/h4-11,13,17-18H,14-16,29H2,1-3H3/b30-13+,31-20+/t17-,18+/m1/s1. The molecule has 0 spiro atoms. The Balaban J connectivity index is 1.60. The summed E-state index contributed by atoms with van der Waals surface area (Å²) in [5.74, 6) is 5.59. The van der Waals surface area contributed by atoms with E-state index in [2.05, 4.69) is 41.3 Å². The summed E-state index contributed by atoms with van der Waals surface area (Å²) >= 11 is 3.52. The number of fused-ring (bicyclic) bond motifs is 1. The lowest BCUT2D eigenvalue weighted by atomic mass is 10.0. The maximum absolute atomic E-state index is 13.1. The van der Waals surface area contributed by atoms with Crippen LogP contribution in [0, 0.1) is 11.3 Å². The Bertz CT molecular complexity index is 1630. The lowest BCUT2D eigenvalue weighted by molar-refractivity contribution is 0.190. The van der Waals surface area contributed by atoms with E-state index < -0.39 is 10.0 Å². The first-order valence-electron chi connectivity index (χ1n) is 11.9. The fourth-order valence-electron chi connectivity index (χ4n) is 4.74. The smallest absolute Gasteiger partial charge is 0.282 e. The van der Waals surface area contributed by atoms with Crippen LogP contribution in [0.15, 0.2) is 72.2 Å². The first kappa shape index (κ1) is 27.5. The molecule has 0 unspecified atom stereocenters. The number of hydrazone groups is 1. The molecule has 12 heteroatoms. The molecule has 10 nitrogen and oxygen atoms in total. The molecule has 1 aromatic heterocycles. The van der Waals surface area contributed by atoms with Crippen molar-refractivity contribution in [2.24, 2.45) is 22.4 Å². The fourth-order valence-corrected chi connectivity index (χ4v) is 5.98.